The highest BCUT2D eigenvalue weighted by Crippen LogP contribution is 2.21. The predicted molar refractivity (Wildman–Crippen MR) is 58.7 cm³/mol. The van der Waals surface area contributed by atoms with Crippen molar-refractivity contribution in [2.75, 3.05) is 6.54 Å². The second kappa shape index (κ2) is 4.47. The number of carbonyl (C=O) groups excluding carboxylic acids is 1. The molecule has 1 aromatic rings. The molecule has 3 heteroatoms. The van der Waals surface area contributed by atoms with E-state index in [4.69, 9.17) is 11.6 Å². The second-order valence-corrected chi connectivity index (χ2v) is 4.22. The van der Waals surface area contributed by atoms with Gasteiger partial charge in [-0.15, -0.1) is 0 Å². The number of benzene rings is 1. The molecule has 0 radical (unpaired) electrons. The van der Waals surface area contributed by atoms with E-state index in [9.17, 15) is 4.79 Å². The summed E-state index contributed by atoms with van der Waals surface area (Å²) in [5.74, 6) is 0. The molecule has 2 nitrogen and oxygen atoms in total. The molecule has 1 amide bonds. The summed E-state index contributed by atoms with van der Waals surface area (Å²) < 4.78 is 0. The standard InChI is InChI=1S/C11H14ClNO/c1-11(2,8-13-10(12)14)9-6-4-3-5-7-9/h3-7H,8H2,1-2H3,(H,13,14). The van der Waals surface area contributed by atoms with E-state index in [1.165, 1.54) is 5.56 Å². The van der Waals surface area contributed by atoms with Gasteiger partial charge in [0, 0.05) is 12.0 Å². The van der Waals surface area contributed by atoms with Crippen LogP contribution in [0.15, 0.2) is 30.3 Å². The van der Waals surface area contributed by atoms with Gasteiger partial charge in [-0.05, 0) is 17.2 Å². The molecule has 14 heavy (non-hydrogen) atoms. The summed E-state index contributed by atoms with van der Waals surface area (Å²) in [6.07, 6.45) is 0. The summed E-state index contributed by atoms with van der Waals surface area (Å²) in [5, 5.41) is 2.11. The largest absolute Gasteiger partial charge is 0.342 e. The van der Waals surface area contributed by atoms with Crippen molar-refractivity contribution in [2.45, 2.75) is 19.3 Å². The molecule has 0 aliphatic heterocycles. The van der Waals surface area contributed by atoms with Crippen LogP contribution in [0.4, 0.5) is 4.79 Å². The Morgan fingerprint density at radius 3 is 2.43 bits per heavy atom. The molecule has 0 fully saturated rings. The first-order chi connectivity index (χ1) is 6.52. The van der Waals surface area contributed by atoms with Gasteiger partial charge in [-0.2, -0.15) is 0 Å². The molecule has 0 atom stereocenters. The van der Waals surface area contributed by atoms with Crippen molar-refractivity contribution in [1.82, 2.24) is 5.32 Å². The molecule has 0 heterocycles. The smallest absolute Gasteiger partial charge is 0.313 e. The number of halogens is 1. The zero-order chi connectivity index (χ0) is 10.6. The molecule has 0 aliphatic rings. The van der Waals surface area contributed by atoms with Crippen LogP contribution in [-0.4, -0.2) is 11.9 Å². The molecule has 1 aromatic carbocycles. The Morgan fingerprint density at radius 1 is 1.36 bits per heavy atom. The average molecular weight is 212 g/mol. The van der Waals surface area contributed by atoms with Gasteiger partial charge in [0.2, 0.25) is 0 Å². The van der Waals surface area contributed by atoms with Gasteiger partial charge >= 0.3 is 5.37 Å². The average Bonchev–Trinajstić information content (AvgIpc) is 2.16. The first kappa shape index (κ1) is 11.1. The number of rotatable bonds is 3. The Hall–Kier alpha value is -1.02. The van der Waals surface area contributed by atoms with Crippen LogP contribution in [0.25, 0.3) is 0 Å². The van der Waals surface area contributed by atoms with Crippen LogP contribution in [0, 0.1) is 0 Å². The normalized spacial score (nSPS) is 11.1. The van der Waals surface area contributed by atoms with Crippen molar-refractivity contribution >= 4 is 17.0 Å². The number of hydrogen-bond donors (Lipinski definition) is 1. The van der Waals surface area contributed by atoms with Crippen molar-refractivity contribution in [3.05, 3.63) is 35.9 Å². The van der Waals surface area contributed by atoms with Crippen LogP contribution in [0.1, 0.15) is 19.4 Å². The quantitative estimate of drug-likeness (QED) is 0.605. The SMILES string of the molecule is CC(C)(CNC(=O)Cl)c1ccccc1. The van der Waals surface area contributed by atoms with E-state index in [0.29, 0.717) is 6.54 Å². The lowest BCUT2D eigenvalue weighted by molar-refractivity contribution is 0.257. The molecule has 0 unspecified atom stereocenters. The number of hydrogen-bond acceptors (Lipinski definition) is 1. The molecule has 1 N–H and O–H groups in total. The molecule has 0 aliphatic carbocycles. The first-order valence-electron chi connectivity index (χ1n) is 4.51. The topological polar surface area (TPSA) is 29.1 Å². The third-order valence-corrected chi connectivity index (χ3v) is 2.36. The molecule has 0 spiro atoms. The summed E-state index contributed by atoms with van der Waals surface area (Å²) >= 11 is 5.22. The maximum absolute atomic E-state index is 10.6. The fraction of sp³-hybridized carbons (Fsp3) is 0.364. The van der Waals surface area contributed by atoms with Crippen LogP contribution in [0.5, 0.6) is 0 Å². The molecule has 1 rings (SSSR count). The van der Waals surface area contributed by atoms with Crippen molar-refractivity contribution in [1.29, 1.82) is 0 Å². The van der Waals surface area contributed by atoms with Crippen LogP contribution < -0.4 is 5.32 Å². The van der Waals surface area contributed by atoms with Crippen LogP contribution in [0.3, 0.4) is 0 Å². The number of carbonyl (C=O) groups is 1. The maximum atomic E-state index is 10.6. The Labute approximate surface area is 89.3 Å². The lowest BCUT2D eigenvalue weighted by Crippen LogP contribution is -2.34. The van der Waals surface area contributed by atoms with E-state index >= 15 is 0 Å². The Bertz CT molecular complexity index is 308. The van der Waals surface area contributed by atoms with Gasteiger partial charge in [0.15, 0.2) is 0 Å². The molecule has 76 valence electrons. The van der Waals surface area contributed by atoms with Gasteiger partial charge in [0.05, 0.1) is 0 Å². The van der Waals surface area contributed by atoms with Gasteiger partial charge in [0.25, 0.3) is 0 Å². The fourth-order valence-corrected chi connectivity index (χ4v) is 1.35. The van der Waals surface area contributed by atoms with E-state index in [-0.39, 0.29) is 5.41 Å². The van der Waals surface area contributed by atoms with Crippen molar-refractivity contribution < 1.29 is 4.79 Å². The fourth-order valence-electron chi connectivity index (χ4n) is 1.28. The third kappa shape index (κ3) is 3.04. The van der Waals surface area contributed by atoms with E-state index in [2.05, 4.69) is 19.2 Å². The minimum atomic E-state index is -0.506. The van der Waals surface area contributed by atoms with Gasteiger partial charge in [-0.3, -0.25) is 4.79 Å². The summed E-state index contributed by atoms with van der Waals surface area (Å²) in [4.78, 5) is 10.6. The minimum absolute atomic E-state index is 0.0915. The van der Waals surface area contributed by atoms with Crippen LogP contribution >= 0.6 is 11.6 Å². The molecular weight excluding hydrogens is 198 g/mol. The lowest BCUT2D eigenvalue weighted by Gasteiger charge is -2.24. The van der Waals surface area contributed by atoms with E-state index < -0.39 is 5.37 Å². The van der Waals surface area contributed by atoms with Gasteiger partial charge in [-0.1, -0.05) is 44.2 Å². The Balaban J connectivity index is 2.70. The van der Waals surface area contributed by atoms with Gasteiger partial charge in [0.1, 0.15) is 0 Å². The highest BCUT2D eigenvalue weighted by molar-refractivity contribution is 6.62. The monoisotopic (exact) mass is 211 g/mol. The van der Waals surface area contributed by atoms with E-state index in [1.807, 2.05) is 30.3 Å². The highest BCUT2D eigenvalue weighted by atomic mass is 35.5. The molecule has 0 saturated heterocycles. The highest BCUT2D eigenvalue weighted by Gasteiger charge is 2.20. The molecule has 0 saturated carbocycles. The van der Waals surface area contributed by atoms with Crippen molar-refractivity contribution in [3.63, 3.8) is 0 Å². The van der Waals surface area contributed by atoms with E-state index in [1.54, 1.807) is 0 Å². The van der Waals surface area contributed by atoms with Crippen LogP contribution in [-0.2, 0) is 5.41 Å². The third-order valence-electron chi connectivity index (χ3n) is 2.22. The Morgan fingerprint density at radius 2 is 1.93 bits per heavy atom. The summed E-state index contributed by atoms with van der Waals surface area (Å²) in [6, 6.07) is 10.0. The molecule has 0 bridgehead atoms. The maximum Gasteiger partial charge on any atom is 0.313 e. The first-order valence-corrected chi connectivity index (χ1v) is 4.89. The van der Waals surface area contributed by atoms with E-state index in [0.717, 1.165) is 0 Å². The van der Waals surface area contributed by atoms with Crippen molar-refractivity contribution in [2.24, 2.45) is 0 Å². The predicted octanol–water partition coefficient (Wildman–Crippen LogP) is 2.91. The number of nitrogens with one attached hydrogen (secondary N) is 1. The lowest BCUT2D eigenvalue weighted by atomic mass is 9.85. The van der Waals surface area contributed by atoms with Gasteiger partial charge < -0.3 is 5.32 Å². The molecular formula is C11H14ClNO. The zero-order valence-corrected chi connectivity index (χ0v) is 9.14. The Kier molecular flexibility index (Phi) is 3.53. The minimum Gasteiger partial charge on any atom is -0.342 e. The van der Waals surface area contributed by atoms with Crippen LogP contribution in [0.2, 0.25) is 0 Å². The molecule has 0 aromatic heterocycles. The second-order valence-electron chi connectivity index (χ2n) is 3.88. The summed E-state index contributed by atoms with van der Waals surface area (Å²) in [5.41, 5.74) is 1.09. The number of amides is 1. The zero-order valence-electron chi connectivity index (χ0n) is 8.38. The summed E-state index contributed by atoms with van der Waals surface area (Å²) in [6.45, 7) is 4.67. The summed E-state index contributed by atoms with van der Waals surface area (Å²) in [7, 11) is 0. The van der Waals surface area contributed by atoms with Crippen molar-refractivity contribution in [3.8, 4) is 0 Å². The van der Waals surface area contributed by atoms with Gasteiger partial charge in [-0.25, -0.2) is 0 Å².